The van der Waals surface area contributed by atoms with E-state index in [1.807, 2.05) is 0 Å². The van der Waals surface area contributed by atoms with Gasteiger partial charge in [0.15, 0.2) is 0 Å². The largest absolute Gasteiger partial charge is 0.312 e. The third-order valence-corrected chi connectivity index (χ3v) is 3.93. The second-order valence-corrected chi connectivity index (χ2v) is 4.75. The van der Waals surface area contributed by atoms with E-state index in [1.54, 1.807) is 5.56 Å². The Hall–Kier alpha value is -0.820. The van der Waals surface area contributed by atoms with Crippen LogP contribution in [0.3, 0.4) is 0 Å². The van der Waals surface area contributed by atoms with Gasteiger partial charge < -0.3 is 5.32 Å². The molecule has 14 heavy (non-hydrogen) atoms. The van der Waals surface area contributed by atoms with E-state index >= 15 is 0 Å². The van der Waals surface area contributed by atoms with Crippen LogP contribution in [0, 0.1) is 0 Å². The Kier molecular flexibility index (Phi) is 1.88. The van der Waals surface area contributed by atoms with Gasteiger partial charge in [0.2, 0.25) is 0 Å². The standard InChI is InChI=1S/C13H17N/c1-2-6-12-11(5-1)9-14-10-13(12)7-3-4-8-13/h1-2,5-6,14H,3-4,7-10H2. The molecule has 1 aliphatic carbocycles. The fourth-order valence-electron chi connectivity index (χ4n) is 3.22. The fourth-order valence-corrected chi connectivity index (χ4v) is 3.22. The predicted octanol–water partition coefficient (Wildman–Crippen LogP) is 2.60. The summed E-state index contributed by atoms with van der Waals surface area (Å²) in [5.74, 6) is 0. The summed E-state index contributed by atoms with van der Waals surface area (Å²) in [7, 11) is 0. The Morgan fingerprint density at radius 2 is 1.86 bits per heavy atom. The summed E-state index contributed by atoms with van der Waals surface area (Å²) < 4.78 is 0. The van der Waals surface area contributed by atoms with Gasteiger partial charge in [0.25, 0.3) is 0 Å². The Bertz CT molecular complexity index is 337. The smallest absolute Gasteiger partial charge is 0.0208 e. The van der Waals surface area contributed by atoms with Gasteiger partial charge in [-0.15, -0.1) is 0 Å². The van der Waals surface area contributed by atoms with Crippen LogP contribution in [0.5, 0.6) is 0 Å². The maximum absolute atomic E-state index is 3.57. The van der Waals surface area contributed by atoms with Crippen LogP contribution in [-0.2, 0) is 12.0 Å². The topological polar surface area (TPSA) is 12.0 Å². The monoisotopic (exact) mass is 187 g/mol. The van der Waals surface area contributed by atoms with Gasteiger partial charge in [0.1, 0.15) is 0 Å². The van der Waals surface area contributed by atoms with Crippen LogP contribution < -0.4 is 5.32 Å². The van der Waals surface area contributed by atoms with Crippen LogP contribution in [0.25, 0.3) is 0 Å². The Morgan fingerprint density at radius 1 is 1.07 bits per heavy atom. The van der Waals surface area contributed by atoms with Gasteiger partial charge in [-0.25, -0.2) is 0 Å². The molecule has 0 atom stereocenters. The van der Waals surface area contributed by atoms with Gasteiger partial charge in [-0.3, -0.25) is 0 Å². The molecule has 1 heterocycles. The zero-order valence-electron chi connectivity index (χ0n) is 8.55. The summed E-state index contributed by atoms with van der Waals surface area (Å²) in [6, 6.07) is 8.99. The van der Waals surface area contributed by atoms with Crippen LogP contribution in [0.1, 0.15) is 36.8 Å². The molecule has 0 saturated heterocycles. The van der Waals surface area contributed by atoms with Gasteiger partial charge >= 0.3 is 0 Å². The highest BCUT2D eigenvalue weighted by atomic mass is 14.9. The molecule has 74 valence electrons. The molecule has 1 spiro atoms. The van der Waals surface area contributed by atoms with Crippen LogP contribution in [0.15, 0.2) is 24.3 Å². The molecule has 1 aromatic carbocycles. The minimum absolute atomic E-state index is 0.495. The second-order valence-electron chi connectivity index (χ2n) is 4.75. The molecule has 1 heteroatoms. The molecule has 2 aliphatic rings. The number of rotatable bonds is 0. The van der Waals surface area contributed by atoms with Crippen molar-refractivity contribution in [1.82, 2.24) is 5.32 Å². The third kappa shape index (κ3) is 1.12. The molecular formula is C13H17N. The lowest BCUT2D eigenvalue weighted by Crippen LogP contribution is -2.41. The molecule has 0 unspecified atom stereocenters. The third-order valence-electron chi connectivity index (χ3n) is 3.93. The highest BCUT2D eigenvalue weighted by Gasteiger charge is 2.38. The molecule has 3 rings (SSSR count). The molecule has 0 amide bonds. The summed E-state index contributed by atoms with van der Waals surface area (Å²) >= 11 is 0. The van der Waals surface area contributed by atoms with E-state index in [9.17, 15) is 0 Å². The number of hydrogen-bond donors (Lipinski definition) is 1. The normalized spacial score (nSPS) is 23.7. The van der Waals surface area contributed by atoms with Gasteiger partial charge in [0, 0.05) is 18.5 Å². The fraction of sp³-hybridized carbons (Fsp3) is 0.538. The molecule has 1 saturated carbocycles. The van der Waals surface area contributed by atoms with Crippen LogP contribution in [0.2, 0.25) is 0 Å². The van der Waals surface area contributed by atoms with Crippen molar-refractivity contribution in [2.75, 3.05) is 6.54 Å². The second kappa shape index (κ2) is 3.09. The quantitative estimate of drug-likeness (QED) is 0.658. The highest BCUT2D eigenvalue weighted by molar-refractivity contribution is 5.37. The van der Waals surface area contributed by atoms with Crippen molar-refractivity contribution < 1.29 is 0 Å². The minimum atomic E-state index is 0.495. The lowest BCUT2D eigenvalue weighted by Gasteiger charge is -2.36. The zero-order valence-corrected chi connectivity index (χ0v) is 8.55. The van der Waals surface area contributed by atoms with Crippen molar-refractivity contribution in [3.8, 4) is 0 Å². The highest BCUT2D eigenvalue weighted by Crippen LogP contribution is 2.43. The first-order chi connectivity index (χ1) is 6.91. The van der Waals surface area contributed by atoms with Gasteiger partial charge in [-0.1, -0.05) is 37.1 Å². The van der Waals surface area contributed by atoms with E-state index in [0.717, 1.165) is 6.54 Å². The molecule has 0 radical (unpaired) electrons. The van der Waals surface area contributed by atoms with Gasteiger partial charge in [-0.05, 0) is 24.0 Å². The van der Waals surface area contributed by atoms with E-state index in [1.165, 1.54) is 37.8 Å². The van der Waals surface area contributed by atoms with E-state index in [0.29, 0.717) is 5.41 Å². The van der Waals surface area contributed by atoms with E-state index in [4.69, 9.17) is 0 Å². The molecule has 0 bridgehead atoms. The lowest BCUT2D eigenvalue weighted by atomic mass is 9.74. The van der Waals surface area contributed by atoms with E-state index in [-0.39, 0.29) is 0 Å². The summed E-state index contributed by atoms with van der Waals surface area (Å²) in [6.45, 7) is 2.27. The van der Waals surface area contributed by atoms with Crippen molar-refractivity contribution in [2.45, 2.75) is 37.6 Å². The first-order valence-corrected chi connectivity index (χ1v) is 5.70. The molecule has 1 nitrogen and oxygen atoms in total. The van der Waals surface area contributed by atoms with Crippen molar-refractivity contribution in [1.29, 1.82) is 0 Å². The van der Waals surface area contributed by atoms with E-state index in [2.05, 4.69) is 29.6 Å². The van der Waals surface area contributed by atoms with Crippen molar-refractivity contribution >= 4 is 0 Å². The average Bonchev–Trinajstić information content (AvgIpc) is 2.68. The summed E-state index contributed by atoms with van der Waals surface area (Å²) in [6.07, 6.45) is 5.60. The summed E-state index contributed by atoms with van der Waals surface area (Å²) in [4.78, 5) is 0. The number of hydrogen-bond acceptors (Lipinski definition) is 1. The first kappa shape index (κ1) is 8.49. The van der Waals surface area contributed by atoms with Crippen LogP contribution >= 0.6 is 0 Å². The van der Waals surface area contributed by atoms with Crippen molar-refractivity contribution in [3.63, 3.8) is 0 Å². The molecule has 0 aromatic heterocycles. The van der Waals surface area contributed by atoms with Gasteiger partial charge in [0.05, 0.1) is 0 Å². The molecule has 1 fully saturated rings. The molecule has 1 N–H and O–H groups in total. The maximum Gasteiger partial charge on any atom is 0.0208 e. The molecular weight excluding hydrogens is 170 g/mol. The average molecular weight is 187 g/mol. The van der Waals surface area contributed by atoms with Crippen molar-refractivity contribution in [2.24, 2.45) is 0 Å². The van der Waals surface area contributed by atoms with Crippen LogP contribution in [-0.4, -0.2) is 6.54 Å². The van der Waals surface area contributed by atoms with Gasteiger partial charge in [-0.2, -0.15) is 0 Å². The minimum Gasteiger partial charge on any atom is -0.312 e. The number of benzene rings is 1. The predicted molar refractivity (Wildman–Crippen MR) is 58.3 cm³/mol. The Balaban J connectivity index is 2.10. The summed E-state index contributed by atoms with van der Waals surface area (Å²) in [5, 5.41) is 3.57. The first-order valence-electron chi connectivity index (χ1n) is 5.70. The number of fused-ring (bicyclic) bond motifs is 2. The van der Waals surface area contributed by atoms with Crippen LogP contribution in [0.4, 0.5) is 0 Å². The Labute approximate surface area is 85.5 Å². The molecule has 1 aliphatic heterocycles. The summed E-state index contributed by atoms with van der Waals surface area (Å²) in [5.41, 5.74) is 3.66. The van der Waals surface area contributed by atoms with E-state index < -0.39 is 0 Å². The van der Waals surface area contributed by atoms with Crippen molar-refractivity contribution in [3.05, 3.63) is 35.4 Å². The SMILES string of the molecule is c1ccc2c(c1)CNCC21CCCC1. The Morgan fingerprint density at radius 3 is 2.71 bits per heavy atom. The lowest BCUT2D eigenvalue weighted by molar-refractivity contribution is 0.377. The molecule has 1 aromatic rings. The zero-order chi connectivity index (χ0) is 9.43. The number of nitrogens with one attached hydrogen (secondary N) is 1. The maximum atomic E-state index is 3.57.